The van der Waals surface area contributed by atoms with Crippen molar-refractivity contribution in [1.29, 1.82) is 0 Å². The molecule has 758 valence electrons. The molecule has 22 rings (SSSR count). The summed E-state index contributed by atoms with van der Waals surface area (Å²) in [5, 5.41) is 14.9. The number of hydrogen-bond donors (Lipinski definition) is 1. The van der Waals surface area contributed by atoms with Gasteiger partial charge in [-0.1, -0.05) is 158 Å². The highest BCUT2D eigenvalue weighted by Crippen LogP contribution is 2.41. The number of likely N-dealkylation sites (tertiary alicyclic amines) is 5. The van der Waals surface area contributed by atoms with Gasteiger partial charge < -0.3 is 27.9 Å². The number of rotatable bonds is 22. The third-order valence-electron chi connectivity index (χ3n) is 29.8. The van der Waals surface area contributed by atoms with Crippen LogP contribution >= 0.6 is 23.2 Å². The van der Waals surface area contributed by atoms with Gasteiger partial charge in [0, 0.05) is 129 Å². The van der Waals surface area contributed by atoms with E-state index in [9.17, 15) is 47.4 Å². The van der Waals surface area contributed by atoms with E-state index in [-0.39, 0.29) is 65.0 Å². The van der Waals surface area contributed by atoms with Crippen molar-refractivity contribution >= 4 is 136 Å². The molecule has 22 nitrogen and oxygen atoms in total. The molecular formula is C123H120Cl2F2N14O8. The third kappa shape index (κ3) is 22.5. The summed E-state index contributed by atoms with van der Waals surface area (Å²) in [5.74, 6) is -0.863. The zero-order valence-electron chi connectivity index (χ0n) is 85.0. The van der Waals surface area contributed by atoms with Crippen LogP contribution in [0.25, 0.3) is 97.5 Å². The maximum atomic E-state index is 14.8. The first-order valence-electron chi connectivity index (χ1n) is 51.6. The Kier molecular flexibility index (Phi) is 32.7. The van der Waals surface area contributed by atoms with Crippen molar-refractivity contribution in [2.24, 2.45) is 0 Å². The first-order chi connectivity index (χ1) is 72.2. The normalized spacial score (nSPS) is 15.4. The average molecular weight is 2030 g/mol. The fraction of sp³-hybridized carbons (Fsp3) is 0.301. The predicted octanol–water partition coefficient (Wildman–Crippen LogP) is 26.4. The number of nitrogens with zero attached hydrogens (tertiary/aromatic N) is 14. The Morgan fingerprint density at radius 3 is 1.10 bits per heavy atom. The molecule has 11 heterocycles. The van der Waals surface area contributed by atoms with E-state index in [4.69, 9.17) is 42.9 Å². The van der Waals surface area contributed by atoms with E-state index in [1.807, 2.05) is 167 Å². The van der Waals surface area contributed by atoms with Gasteiger partial charge in [0.15, 0.2) is 46.0 Å². The highest BCUT2D eigenvalue weighted by Gasteiger charge is 2.37. The van der Waals surface area contributed by atoms with Crippen molar-refractivity contribution in [3.8, 4) is 28.4 Å². The fourth-order valence-corrected chi connectivity index (χ4v) is 22.7. The number of aliphatic hydroxyl groups excluding tert-OH is 1. The molecule has 2 amide bonds. The van der Waals surface area contributed by atoms with Crippen molar-refractivity contribution in [3.63, 3.8) is 0 Å². The van der Waals surface area contributed by atoms with Crippen LogP contribution in [0.2, 0.25) is 10.0 Å². The molecule has 5 fully saturated rings. The van der Waals surface area contributed by atoms with Crippen LogP contribution in [0, 0.1) is 72.9 Å². The lowest BCUT2D eigenvalue weighted by atomic mass is 10.0. The summed E-state index contributed by atoms with van der Waals surface area (Å²) in [7, 11) is 0. The Morgan fingerprint density at radius 2 is 0.658 bits per heavy atom. The Morgan fingerprint density at radius 1 is 0.329 bits per heavy atom. The van der Waals surface area contributed by atoms with Gasteiger partial charge in [-0.2, -0.15) is 0 Å². The van der Waals surface area contributed by atoms with Crippen LogP contribution in [0.15, 0.2) is 243 Å². The second-order valence-corrected chi connectivity index (χ2v) is 40.6. The second-order valence-electron chi connectivity index (χ2n) is 39.7. The predicted molar refractivity (Wildman–Crippen MR) is 589 cm³/mol. The lowest BCUT2D eigenvalue weighted by Gasteiger charge is -2.28. The quantitative estimate of drug-likeness (QED) is 0.0382. The van der Waals surface area contributed by atoms with Gasteiger partial charge in [0.2, 0.25) is 0 Å². The Labute approximate surface area is 877 Å². The van der Waals surface area contributed by atoms with Gasteiger partial charge in [-0.3, -0.25) is 63.0 Å². The molecule has 0 unspecified atom stereocenters. The molecule has 0 spiro atoms. The molecule has 26 heteroatoms. The molecule has 0 atom stereocenters. The zero-order chi connectivity index (χ0) is 104. The smallest absolute Gasteiger partial charge is 0.261 e. The van der Waals surface area contributed by atoms with Crippen LogP contribution in [-0.2, 0) is 6.54 Å². The second kappa shape index (κ2) is 46.8. The monoisotopic (exact) mass is 2030 g/mol. The van der Waals surface area contributed by atoms with Crippen molar-refractivity contribution in [3.05, 3.63) is 377 Å². The van der Waals surface area contributed by atoms with Crippen LogP contribution in [0.3, 0.4) is 0 Å². The number of aryl methyl sites for hydroxylation is 1. The maximum absolute atomic E-state index is 14.8. The number of benzene rings is 11. The van der Waals surface area contributed by atoms with Gasteiger partial charge in [-0.25, -0.2) is 23.3 Å². The molecule has 0 bridgehead atoms. The Hall–Kier alpha value is -14.7. The summed E-state index contributed by atoms with van der Waals surface area (Å²) < 4.78 is 39.6. The third-order valence-corrected chi connectivity index (χ3v) is 30.3. The molecular weight excluding hydrogens is 1910 g/mol. The molecule has 149 heavy (non-hydrogen) atoms. The molecule has 5 aromatic heterocycles. The summed E-state index contributed by atoms with van der Waals surface area (Å²) in [5.41, 5.74) is 20.6. The van der Waals surface area contributed by atoms with Gasteiger partial charge in [0.05, 0.1) is 109 Å². The number of imide groups is 1. The van der Waals surface area contributed by atoms with E-state index < -0.39 is 0 Å². The van der Waals surface area contributed by atoms with Crippen LogP contribution in [0.1, 0.15) is 202 Å². The van der Waals surface area contributed by atoms with Crippen molar-refractivity contribution in [1.82, 2.24) is 52.2 Å². The minimum atomic E-state index is -0.376. The number of hydrogen-bond acceptors (Lipinski definition) is 13. The van der Waals surface area contributed by atoms with Crippen LogP contribution in [0.5, 0.6) is 0 Å². The van der Waals surface area contributed by atoms with Gasteiger partial charge in [0.1, 0.15) is 11.6 Å². The van der Waals surface area contributed by atoms with Crippen LogP contribution in [0.4, 0.5) is 25.8 Å². The first-order valence-corrected chi connectivity index (χ1v) is 52.3. The number of carbonyl (C=O) groups excluding carboxylic acids is 7. The van der Waals surface area contributed by atoms with Gasteiger partial charge in [-0.15, -0.1) is 0 Å². The van der Waals surface area contributed by atoms with Crippen molar-refractivity contribution in [2.45, 2.75) is 144 Å². The highest BCUT2D eigenvalue weighted by atomic mass is 35.5. The standard InChI is InChI=1S/C31H28ClN3O3.C23H25ClN2O.2C23H22FN3O.C23H23N3O2/c1-20-29(28(36)19-33-15-5-2-6-16-33)26-14-9-21(17-27(26)35(20)23-12-10-22(32)11-13-23)18-34-30(37)24-7-3-4-8-25(24)31(34)38;1-16-6-11-21-20(14-16)23(22(27)15-25-12-4-3-5-13-25)17(2)26(21)19-9-7-18(24)8-10-19;1-16-22(21(28)15-26-13-4-3-5-14-26)23-19(24)7-6-8-20(23)27(16)18-11-9-17(25-2)10-12-18;1-16-22(21(28)15-26-13-4-3-5-14-26)19-7-6-8-20(24)23(19)27(16)18-11-9-17(25-2)10-12-18;1-16-23(22(28)15-25-13-11-19(27)12-14-25)20-5-3-4-6-21(20)26(16)18-9-7-17(24-2)8-10-18/h3-4,7-14,17H,2,5-6,15-16,18-19H2,1H3;6-11,14H,3-5,12-13,15H2,1-2H3;2*6-12H,3-5,13-15H2,1H3;3-10,19,27H,11-15H2,1H3. The number of aliphatic hydroxyl groups is 1. The SMILES string of the molecule is Cc1c(C(=O)CN2CCCCC2)c2ccc(CN3C(=O)c4ccccc4C3=O)cc2n1-c1ccc(Cl)cc1.Cc1ccc2c(c1)c(C(=O)CN1CCCCC1)c(C)n2-c1ccc(Cl)cc1.[C-]#[N+]c1ccc(-n2c(C)c(C(=O)CN3CCC(O)CC3)c3ccccc32)cc1.[C-]#[N+]c1ccc(-n2c(C)c(C(=O)CN3CCCCC3)c3c(F)cccc32)cc1.[C-]#[N+]c1ccc(-n2c(C)c(C(=O)CN3CCCCC3)c3cccc(F)c32)cc1. The molecule has 6 aliphatic heterocycles. The number of halogens is 4. The molecule has 11 aromatic carbocycles. The largest absolute Gasteiger partial charge is 0.393 e. The van der Waals surface area contributed by atoms with E-state index in [0.717, 1.165) is 223 Å². The molecule has 0 aliphatic carbocycles. The van der Waals surface area contributed by atoms with E-state index >= 15 is 0 Å². The number of carbonyl (C=O) groups is 7. The van der Waals surface area contributed by atoms with Crippen molar-refractivity contribution < 1.29 is 47.4 Å². The first kappa shape index (κ1) is 104. The van der Waals surface area contributed by atoms with Crippen LogP contribution < -0.4 is 0 Å². The number of Topliss-reactive ketones (excluding diaryl/α,β-unsaturated/α-hetero) is 5. The summed E-state index contributed by atoms with van der Waals surface area (Å²) in [6, 6.07) is 73.8. The van der Waals surface area contributed by atoms with Crippen molar-refractivity contribution in [2.75, 3.05) is 98.2 Å². The number of fused-ring (bicyclic) bond motifs is 6. The van der Waals surface area contributed by atoms with Gasteiger partial charge in [-0.05, 0) is 303 Å². The lowest BCUT2D eigenvalue weighted by Crippen LogP contribution is -2.39. The molecule has 0 radical (unpaired) electrons. The van der Waals surface area contributed by atoms with E-state index in [1.165, 1.54) is 61.1 Å². The summed E-state index contributed by atoms with van der Waals surface area (Å²) >= 11 is 12.2. The van der Waals surface area contributed by atoms with Crippen LogP contribution in [-0.4, -0.2) is 202 Å². The number of ketones is 5. The minimum absolute atomic E-state index is 0.0338. The van der Waals surface area contributed by atoms with Gasteiger partial charge >= 0.3 is 0 Å². The Bertz CT molecular complexity index is 7870. The summed E-state index contributed by atoms with van der Waals surface area (Å²) in [6.07, 6.45) is 15.2. The maximum Gasteiger partial charge on any atom is 0.261 e. The minimum Gasteiger partial charge on any atom is -0.393 e. The fourth-order valence-electron chi connectivity index (χ4n) is 22.4. The lowest BCUT2D eigenvalue weighted by molar-refractivity contribution is 0.0640. The number of piperidine rings is 5. The topological polar surface area (TPSA) is 197 Å². The highest BCUT2D eigenvalue weighted by molar-refractivity contribution is 6.31. The van der Waals surface area contributed by atoms with Gasteiger partial charge in [0.25, 0.3) is 11.8 Å². The molecule has 5 saturated heterocycles. The van der Waals surface area contributed by atoms with E-state index in [2.05, 4.69) is 77.9 Å². The summed E-state index contributed by atoms with van der Waals surface area (Å²) in [4.78, 5) is 115. The summed E-state index contributed by atoms with van der Waals surface area (Å²) in [6.45, 7) is 44.5. The number of amides is 2. The zero-order valence-corrected chi connectivity index (χ0v) is 86.5. The molecule has 16 aromatic rings. The molecule has 1 N–H and O–H groups in total. The average Bonchev–Trinajstić information content (AvgIpc) is 1.60. The number of para-hydroxylation sites is 2. The van der Waals surface area contributed by atoms with E-state index in [0.29, 0.717) is 109 Å². The Balaban J connectivity index is 0.000000122. The number of aromatic nitrogens is 5. The molecule has 0 saturated carbocycles. The molecule has 6 aliphatic rings. The van der Waals surface area contributed by atoms with E-state index in [1.54, 1.807) is 89.5 Å².